The van der Waals surface area contributed by atoms with Crippen LogP contribution >= 0.6 is 0 Å². The molecule has 1 amide bonds. The van der Waals surface area contributed by atoms with E-state index in [1.54, 1.807) is 11.8 Å². The standard InChI is InChI=1S/C19H27N5O2/c1-13-8-14(2)12-23(11-13)19(25)18(24-15(3)20-21-22-24)10-16-6-5-7-17(9-16)26-4/h5-7,9,13-14,18H,8,10-12H2,1-4H3/t13-,14-,18+/m0/s1. The van der Waals surface area contributed by atoms with Crippen molar-refractivity contribution in [2.24, 2.45) is 11.8 Å². The molecule has 1 aromatic carbocycles. The summed E-state index contributed by atoms with van der Waals surface area (Å²) in [6.07, 6.45) is 1.69. The summed E-state index contributed by atoms with van der Waals surface area (Å²) in [5.74, 6) is 2.53. The second-order valence-corrected chi connectivity index (χ2v) is 7.43. The molecule has 1 aliphatic rings. The van der Waals surface area contributed by atoms with Crippen LogP contribution in [0.4, 0.5) is 0 Å². The average Bonchev–Trinajstić information content (AvgIpc) is 3.04. The summed E-state index contributed by atoms with van der Waals surface area (Å²) in [5, 5.41) is 11.8. The maximum Gasteiger partial charge on any atom is 0.247 e. The first kappa shape index (κ1) is 18.4. The molecule has 7 nitrogen and oxygen atoms in total. The summed E-state index contributed by atoms with van der Waals surface area (Å²) < 4.78 is 6.96. The minimum atomic E-state index is -0.449. The van der Waals surface area contributed by atoms with Crippen molar-refractivity contribution in [2.45, 2.75) is 39.7 Å². The number of rotatable bonds is 5. The number of hydrogen-bond acceptors (Lipinski definition) is 5. The first-order valence-corrected chi connectivity index (χ1v) is 9.14. The molecule has 1 aliphatic heterocycles. The number of hydrogen-bond donors (Lipinski definition) is 0. The van der Waals surface area contributed by atoms with Crippen molar-refractivity contribution in [3.8, 4) is 5.75 Å². The Morgan fingerprint density at radius 3 is 2.65 bits per heavy atom. The predicted octanol–water partition coefficient (Wildman–Crippen LogP) is 2.28. The zero-order valence-corrected chi connectivity index (χ0v) is 15.9. The van der Waals surface area contributed by atoms with Crippen LogP contribution < -0.4 is 4.74 Å². The molecule has 1 aromatic heterocycles. The number of aromatic nitrogens is 4. The lowest BCUT2D eigenvalue weighted by Gasteiger charge is -2.37. The summed E-state index contributed by atoms with van der Waals surface area (Å²) in [7, 11) is 1.64. The van der Waals surface area contributed by atoms with E-state index in [0.29, 0.717) is 24.1 Å². The van der Waals surface area contributed by atoms with E-state index >= 15 is 0 Å². The molecule has 1 saturated heterocycles. The predicted molar refractivity (Wildman–Crippen MR) is 97.8 cm³/mol. The van der Waals surface area contributed by atoms with Gasteiger partial charge in [-0.2, -0.15) is 0 Å². The molecule has 2 aromatic rings. The van der Waals surface area contributed by atoms with Crippen LogP contribution in [-0.2, 0) is 11.2 Å². The molecular formula is C19H27N5O2. The average molecular weight is 357 g/mol. The number of carbonyl (C=O) groups is 1. The minimum Gasteiger partial charge on any atom is -0.497 e. The Labute approximate surface area is 154 Å². The zero-order chi connectivity index (χ0) is 18.7. The number of tetrazole rings is 1. The normalized spacial score (nSPS) is 21.5. The van der Waals surface area contributed by atoms with Gasteiger partial charge in [0.05, 0.1) is 7.11 Å². The lowest BCUT2D eigenvalue weighted by Crippen LogP contribution is -2.46. The largest absolute Gasteiger partial charge is 0.497 e. The van der Waals surface area contributed by atoms with Crippen LogP contribution in [0.5, 0.6) is 5.75 Å². The van der Waals surface area contributed by atoms with Crippen molar-refractivity contribution in [3.63, 3.8) is 0 Å². The number of piperidine rings is 1. The van der Waals surface area contributed by atoms with Crippen LogP contribution in [-0.4, -0.2) is 51.2 Å². The molecule has 7 heteroatoms. The molecule has 3 atom stereocenters. The maximum atomic E-state index is 13.4. The molecule has 140 valence electrons. The lowest BCUT2D eigenvalue weighted by atomic mass is 9.91. The van der Waals surface area contributed by atoms with Crippen LogP contribution in [0.3, 0.4) is 0 Å². The second-order valence-electron chi connectivity index (χ2n) is 7.43. The Morgan fingerprint density at radius 2 is 2.04 bits per heavy atom. The second kappa shape index (κ2) is 7.85. The summed E-state index contributed by atoms with van der Waals surface area (Å²) in [4.78, 5) is 15.4. The smallest absolute Gasteiger partial charge is 0.247 e. The van der Waals surface area contributed by atoms with Gasteiger partial charge in [-0.25, -0.2) is 4.68 Å². The molecule has 0 radical (unpaired) electrons. The topological polar surface area (TPSA) is 73.1 Å². The van der Waals surface area contributed by atoms with Crippen LogP contribution in [0, 0.1) is 18.8 Å². The van der Waals surface area contributed by atoms with E-state index in [1.807, 2.05) is 36.1 Å². The van der Waals surface area contributed by atoms with Crippen LogP contribution in [0.15, 0.2) is 24.3 Å². The van der Waals surface area contributed by atoms with E-state index in [4.69, 9.17) is 4.74 Å². The highest BCUT2D eigenvalue weighted by molar-refractivity contribution is 5.81. The summed E-state index contributed by atoms with van der Waals surface area (Å²) in [5.41, 5.74) is 1.02. The summed E-state index contributed by atoms with van der Waals surface area (Å²) in [6, 6.07) is 7.35. The van der Waals surface area contributed by atoms with Crippen molar-refractivity contribution in [1.82, 2.24) is 25.1 Å². The van der Waals surface area contributed by atoms with E-state index in [1.165, 1.54) is 0 Å². The van der Waals surface area contributed by atoms with Crippen molar-refractivity contribution in [1.29, 1.82) is 0 Å². The molecule has 0 unspecified atom stereocenters. The van der Waals surface area contributed by atoms with Gasteiger partial charge >= 0.3 is 0 Å². The van der Waals surface area contributed by atoms with Gasteiger partial charge in [-0.15, -0.1) is 5.10 Å². The first-order valence-electron chi connectivity index (χ1n) is 9.14. The minimum absolute atomic E-state index is 0.0848. The van der Waals surface area contributed by atoms with Gasteiger partial charge in [-0.1, -0.05) is 26.0 Å². The molecule has 2 heterocycles. The quantitative estimate of drug-likeness (QED) is 0.821. The fraction of sp³-hybridized carbons (Fsp3) is 0.579. The van der Waals surface area contributed by atoms with Gasteiger partial charge in [0.25, 0.3) is 0 Å². The molecule has 0 saturated carbocycles. The highest BCUT2D eigenvalue weighted by atomic mass is 16.5. The monoisotopic (exact) mass is 357 g/mol. The first-order chi connectivity index (χ1) is 12.5. The molecule has 1 fully saturated rings. The molecule has 0 bridgehead atoms. The molecular weight excluding hydrogens is 330 g/mol. The van der Waals surface area contributed by atoms with E-state index in [2.05, 4.69) is 29.4 Å². The third-order valence-corrected chi connectivity index (χ3v) is 4.98. The van der Waals surface area contributed by atoms with Gasteiger partial charge in [0.1, 0.15) is 17.6 Å². The van der Waals surface area contributed by atoms with Gasteiger partial charge in [0, 0.05) is 19.5 Å². The van der Waals surface area contributed by atoms with Crippen molar-refractivity contribution in [3.05, 3.63) is 35.7 Å². The number of amides is 1. The van der Waals surface area contributed by atoms with E-state index in [9.17, 15) is 4.79 Å². The molecule has 0 spiro atoms. The van der Waals surface area contributed by atoms with Crippen molar-refractivity contribution >= 4 is 5.91 Å². The van der Waals surface area contributed by atoms with E-state index in [0.717, 1.165) is 30.8 Å². The number of likely N-dealkylation sites (tertiary alicyclic amines) is 1. The Kier molecular flexibility index (Phi) is 5.54. The number of nitrogens with zero attached hydrogens (tertiary/aromatic N) is 5. The summed E-state index contributed by atoms with van der Waals surface area (Å²) in [6.45, 7) is 7.82. The number of aryl methyl sites for hydroxylation is 1. The van der Waals surface area contributed by atoms with Gasteiger partial charge in [-0.3, -0.25) is 4.79 Å². The van der Waals surface area contributed by atoms with Crippen molar-refractivity contribution in [2.75, 3.05) is 20.2 Å². The van der Waals surface area contributed by atoms with Crippen molar-refractivity contribution < 1.29 is 9.53 Å². The molecule has 26 heavy (non-hydrogen) atoms. The Morgan fingerprint density at radius 1 is 1.31 bits per heavy atom. The molecule has 3 rings (SSSR count). The SMILES string of the molecule is COc1cccc(C[C@H](C(=O)N2C[C@@H](C)C[C@H](C)C2)n2nnnc2C)c1. The number of ether oxygens (including phenoxy) is 1. The number of methoxy groups -OCH3 is 1. The lowest BCUT2D eigenvalue weighted by molar-refractivity contribution is -0.138. The fourth-order valence-electron chi connectivity index (χ4n) is 3.88. The summed E-state index contributed by atoms with van der Waals surface area (Å²) >= 11 is 0. The number of benzene rings is 1. The van der Waals surface area contributed by atoms with E-state index < -0.39 is 6.04 Å². The Hall–Kier alpha value is -2.44. The fourth-order valence-corrected chi connectivity index (χ4v) is 3.88. The van der Waals surface area contributed by atoms with Gasteiger partial charge in [0.15, 0.2) is 0 Å². The highest BCUT2D eigenvalue weighted by Crippen LogP contribution is 2.26. The van der Waals surface area contributed by atoms with Crippen LogP contribution in [0.1, 0.15) is 37.7 Å². The van der Waals surface area contributed by atoms with Gasteiger partial charge in [-0.05, 0) is 53.3 Å². The highest BCUT2D eigenvalue weighted by Gasteiger charge is 2.32. The number of carbonyl (C=O) groups excluding carboxylic acids is 1. The maximum absolute atomic E-state index is 13.4. The Balaban J connectivity index is 1.88. The molecule has 0 N–H and O–H groups in total. The zero-order valence-electron chi connectivity index (χ0n) is 15.9. The van der Waals surface area contributed by atoms with E-state index in [-0.39, 0.29) is 5.91 Å². The third-order valence-electron chi connectivity index (χ3n) is 4.98. The van der Waals surface area contributed by atoms with Crippen LogP contribution in [0.2, 0.25) is 0 Å². The third kappa shape index (κ3) is 4.03. The van der Waals surface area contributed by atoms with Crippen LogP contribution in [0.25, 0.3) is 0 Å². The van der Waals surface area contributed by atoms with Gasteiger partial charge in [0.2, 0.25) is 5.91 Å². The molecule has 0 aliphatic carbocycles. The Bertz CT molecular complexity index is 750. The van der Waals surface area contributed by atoms with Gasteiger partial charge < -0.3 is 9.64 Å².